The van der Waals surface area contributed by atoms with E-state index >= 15 is 0 Å². The minimum atomic E-state index is -1.21. The molecule has 0 saturated heterocycles. The first-order chi connectivity index (χ1) is 7.79. The van der Waals surface area contributed by atoms with Crippen molar-refractivity contribution in [3.63, 3.8) is 0 Å². The van der Waals surface area contributed by atoms with E-state index in [9.17, 15) is 9.59 Å². The topological polar surface area (TPSA) is 72.2 Å². The molecule has 17 heavy (non-hydrogen) atoms. The molecule has 0 spiro atoms. The average Bonchev–Trinajstić information content (AvgIpc) is 2.18. The lowest BCUT2D eigenvalue weighted by Gasteiger charge is -2.20. The van der Waals surface area contributed by atoms with Crippen molar-refractivity contribution in [3.8, 4) is 0 Å². The first-order valence-corrected chi connectivity index (χ1v) is 5.62. The van der Waals surface area contributed by atoms with Crippen LogP contribution in [0, 0.1) is 0 Å². The number of hydrogen-bond donors (Lipinski definition) is 1. The Balaban J connectivity index is 3.52. The van der Waals surface area contributed by atoms with Crippen LogP contribution >= 0.6 is 0 Å². The Labute approximate surface area is 100 Å². The summed E-state index contributed by atoms with van der Waals surface area (Å²) in [6, 6.07) is 0. The van der Waals surface area contributed by atoms with E-state index in [-0.39, 0.29) is 5.56 Å². The fourth-order valence-corrected chi connectivity index (χ4v) is 1.65. The highest BCUT2D eigenvalue weighted by Gasteiger charge is 2.26. The normalized spacial score (nSPS) is 11.5. The van der Waals surface area contributed by atoms with Crippen molar-refractivity contribution in [2.45, 2.75) is 46.1 Å². The van der Waals surface area contributed by atoms with Crippen LogP contribution in [0.5, 0.6) is 0 Å². The smallest absolute Gasteiger partial charge is 0.343 e. The fourth-order valence-electron chi connectivity index (χ4n) is 1.65. The van der Waals surface area contributed by atoms with Gasteiger partial charge in [0.25, 0.3) is 5.56 Å². The maximum atomic E-state index is 12.0. The van der Waals surface area contributed by atoms with Crippen molar-refractivity contribution < 1.29 is 9.90 Å². The van der Waals surface area contributed by atoms with E-state index < -0.39 is 16.9 Å². The van der Waals surface area contributed by atoms with Crippen LogP contribution in [0.15, 0.2) is 11.1 Å². The van der Waals surface area contributed by atoms with Gasteiger partial charge in [-0.05, 0) is 6.42 Å². The van der Waals surface area contributed by atoms with Gasteiger partial charge < -0.3 is 5.11 Å². The van der Waals surface area contributed by atoms with Crippen molar-refractivity contribution >= 4 is 5.97 Å². The maximum Gasteiger partial charge on any atom is 0.343 e. The highest BCUT2D eigenvalue weighted by molar-refractivity contribution is 5.88. The van der Waals surface area contributed by atoms with Gasteiger partial charge in [0.2, 0.25) is 0 Å². The molecular formula is C12H18N2O3. The molecule has 0 aromatic carbocycles. The molecule has 0 aliphatic carbocycles. The third-order valence-corrected chi connectivity index (χ3v) is 2.43. The van der Waals surface area contributed by atoms with Gasteiger partial charge in [-0.3, -0.25) is 9.36 Å². The van der Waals surface area contributed by atoms with Crippen LogP contribution in [-0.2, 0) is 12.0 Å². The van der Waals surface area contributed by atoms with Crippen LogP contribution in [0.25, 0.3) is 0 Å². The first kappa shape index (κ1) is 13.4. The van der Waals surface area contributed by atoms with Crippen LogP contribution in [-0.4, -0.2) is 20.6 Å². The number of carbonyl (C=O) groups is 1. The molecule has 1 rings (SSSR count). The Morgan fingerprint density at radius 2 is 2.06 bits per heavy atom. The lowest BCUT2D eigenvalue weighted by molar-refractivity contribution is 0.0690. The minimum Gasteiger partial charge on any atom is -0.477 e. The quantitative estimate of drug-likeness (QED) is 0.869. The number of rotatable bonds is 3. The van der Waals surface area contributed by atoms with Crippen LogP contribution in [0.4, 0.5) is 0 Å². The summed E-state index contributed by atoms with van der Waals surface area (Å²) in [5.41, 5.74) is -0.812. The molecule has 1 aromatic rings. The van der Waals surface area contributed by atoms with E-state index in [0.29, 0.717) is 12.2 Å². The molecule has 0 radical (unpaired) electrons. The molecule has 0 atom stereocenters. The van der Waals surface area contributed by atoms with Crippen LogP contribution in [0.3, 0.4) is 0 Å². The molecule has 5 nitrogen and oxygen atoms in total. The Morgan fingerprint density at radius 3 is 2.47 bits per heavy atom. The van der Waals surface area contributed by atoms with Gasteiger partial charge in [0.05, 0.1) is 12.0 Å². The number of carboxylic acid groups (broad SMARTS) is 1. The highest BCUT2D eigenvalue weighted by atomic mass is 16.4. The molecule has 0 aliphatic rings. The summed E-state index contributed by atoms with van der Waals surface area (Å²) in [5, 5.41) is 9.15. The molecule has 0 saturated carbocycles. The van der Waals surface area contributed by atoms with Gasteiger partial charge in [-0.25, -0.2) is 9.78 Å². The SMILES string of the molecule is CCCn1cnc(C(C)(C)C)c(C(=O)O)c1=O. The molecule has 0 aliphatic heterocycles. The van der Waals surface area contributed by atoms with E-state index in [1.54, 1.807) is 0 Å². The molecule has 0 unspecified atom stereocenters. The zero-order chi connectivity index (χ0) is 13.2. The van der Waals surface area contributed by atoms with Crippen LogP contribution in [0.2, 0.25) is 0 Å². The molecule has 0 bridgehead atoms. The summed E-state index contributed by atoms with van der Waals surface area (Å²) >= 11 is 0. The summed E-state index contributed by atoms with van der Waals surface area (Å²) in [4.78, 5) is 27.3. The van der Waals surface area contributed by atoms with Gasteiger partial charge in [-0.1, -0.05) is 27.7 Å². The second-order valence-corrected chi connectivity index (χ2v) is 5.02. The van der Waals surface area contributed by atoms with E-state index in [2.05, 4.69) is 4.98 Å². The standard InChI is InChI=1S/C12H18N2O3/c1-5-6-14-7-13-9(12(2,3)4)8(10(14)15)11(16)17/h7H,5-6H2,1-4H3,(H,16,17). The van der Waals surface area contributed by atoms with Crippen molar-refractivity contribution in [1.82, 2.24) is 9.55 Å². The molecule has 0 amide bonds. The number of nitrogens with zero attached hydrogens (tertiary/aromatic N) is 2. The third-order valence-electron chi connectivity index (χ3n) is 2.43. The molecule has 94 valence electrons. The largest absolute Gasteiger partial charge is 0.477 e. The zero-order valence-electron chi connectivity index (χ0n) is 10.6. The third kappa shape index (κ3) is 2.72. The van der Waals surface area contributed by atoms with Crippen LogP contribution in [0.1, 0.15) is 50.2 Å². The van der Waals surface area contributed by atoms with Crippen molar-refractivity contribution in [3.05, 3.63) is 27.9 Å². The number of aromatic carboxylic acids is 1. The number of aryl methyl sites for hydroxylation is 1. The van der Waals surface area contributed by atoms with Gasteiger partial charge in [0.1, 0.15) is 5.56 Å². The summed E-state index contributed by atoms with van der Waals surface area (Å²) in [6.45, 7) is 7.92. The van der Waals surface area contributed by atoms with Crippen LogP contribution < -0.4 is 5.56 Å². The second kappa shape index (κ2) is 4.69. The zero-order valence-corrected chi connectivity index (χ0v) is 10.6. The molecule has 1 aromatic heterocycles. The van der Waals surface area contributed by atoms with Gasteiger partial charge in [-0.15, -0.1) is 0 Å². The predicted molar refractivity (Wildman–Crippen MR) is 64.4 cm³/mol. The Hall–Kier alpha value is -1.65. The Bertz CT molecular complexity index is 484. The Kier molecular flexibility index (Phi) is 3.70. The molecule has 5 heteroatoms. The molecular weight excluding hydrogens is 220 g/mol. The lowest BCUT2D eigenvalue weighted by atomic mass is 9.89. The fraction of sp³-hybridized carbons (Fsp3) is 0.583. The van der Waals surface area contributed by atoms with E-state index in [1.807, 2.05) is 27.7 Å². The van der Waals surface area contributed by atoms with E-state index in [4.69, 9.17) is 5.11 Å². The monoisotopic (exact) mass is 238 g/mol. The number of hydrogen-bond acceptors (Lipinski definition) is 3. The predicted octanol–water partition coefficient (Wildman–Crippen LogP) is 1.65. The van der Waals surface area contributed by atoms with Gasteiger partial charge in [0, 0.05) is 12.0 Å². The first-order valence-electron chi connectivity index (χ1n) is 5.62. The van der Waals surface area contributed by atoms with Crippen molar-refractivity contribution in [1.29, 1.82) is 0 Å². The van der Waals surface area contributed by atoms with Gasteiger partial charge in [-0.2, -0.15) is 0 Å². The minimum absolute atomic E-state index is 0.214. The highest BCUT2D eigenvalue weighted by Crippen LogP contribution is 2.21. The Morgan fingerprint density at radius 1 is 1.47 bits per heavy atom. The van der Waals surface area contributed by atoms with E-state index in [1.165, 1.54) is 10.9 Å². The molecule has 1 heterocycles. The summed E-state index contributed by atoms with van der Waals surface area (Å²) in [7, 11) is 0. The summed E-state index contributed by atoms with van der Waals surface area (Å²) < 4.78 is 1.35. The molecule has 1 N–H and O–H groups in total. The maximum absolute atomic E-state index is 12.0. The summed E-state index contributed by atoms with van der Waals surface area (Å²) in [6.07, 6.45) is 2.19. The van der Waals surface area contributed by atoms with E-state index in [0.717, 1.165) is 6.42 Å². The van der Waals surface area contributed by atoms with Crippen molar-refractivity contribution in [2.24, 2.45) is 0 Å². The van der Waals surface area contributed by atoms with Crippen molar-refractivity contribution in [2.75, 3.05) is 0 Å². The average molecular weight is 238 g/mol. The lowest BCUT2D eigenvalue weighted by Crippen LogP contribution is -2.32. The summed E-state index contributed by atoms with van der Waals surface area (Å²) in [5.74, 6) is -1.21. The molecule has 0 fully saturated rings. The number of aromatic nitrogens is 2. The van der Waals surface area contributed by atoms with Gasteiger partial charge >= 0.3 is 5.97 Å². The van der Waals surface area contributed by atoms with Gasteiger partial charge in [0.15, 0.2) is 0 Å². The second-order valence-electron chi connectivity index (χ2n) is 5.02. The number of carboxylic acids is 1.